The summed E-state index contributed by atoms with van der Waals surface area (Å²) < 4.78 is 2.80. The van der Waals surface area contributed by atoms with Crippen LogP contribution >= 0.6 is 11.3 Å². The number of nitro benzene ring substituents is 1. The van der Waals surface area contributed by atoms with Crippen molar-refractivity contribution in [1.29, 1.82) is 0 Å². The maximum absolute atomic E-state index is 12.7. The summed E-state index contributed by atoms with van der Waals surface area (Å²) >= 11 is 1.37. The van der Waals surface area contributed by atoms with Crippen molar-refractivity contribution in [3.63, 3.8) is 0 Å². The zero-order valence-electron chi connectivity index (χ0n) is 15.1. The number of benzene rings is 2. The molecule has 0 fully saturated rings. The first kappa shape index (κ1) is 18.5. The van der Waals surface area contributed by atoms with E-state index in [1.54, 1.807) is 13.0 Å². The lowest BCUT2D eigenvalue weighted by molar-refractivity contribution is -0.385. The summed E-state index contributed by atoms with van der Waals surface area (Å²) in [5.41, 5.74) is 3.59. The summed E-state index contributed by atoms with van der Waals surface area (Å²) in [4.78, 5) is 28.0. The van der Waals surface area contributed by atoms with Gasteiger partial charge in [0.1, 0.15) is 0 Å². The minimum Gasteiger partial charge on any atom is -0.305 e. The van der Waals surface area contributed by atoms with Gasteiger partial charge in [0.15, 0.2) is 4.80 Å². The van der Waals surface area contributed by atoms with E-state index in [9.17, 15) is 14.9 Å². The summed E-state index contributed by atoms with van der Waals surface area (Å²) in [6.07, 6.45) is 5.50. The summed E-state index contributed by atoms with van der Waals surface area (Å²) in [6, 6.07) is 8.48. The first-order valence-corrected chi connectivity index (χ1v) is 9.02. The maximum atomic E-state index is 12.7. The van der Waals surface area contributed by atoms with E-state index in [1.807, 2.05) is 30.5 Å². The molecule has 0 saturated carbocycles. The fraction of sp³-hybridized carbons (Fsp3) is 0.200. The first-order valence-electron chi connectivity index (χ1n) is 8.20. The first-order chi connectivity index (χ1) is 12.8. The number of carbonyl (C=O) groups excluding carboxylic acids is 1. The number of aryl methyl sites for hydroxylation is 2. The molecule has 0 aliphatic rings. The Hall–Kier alpha value is -3.24. The van der Waals surface area contributed by atoms with E-state index < -0.39 is 10.8 Å². The van der Waals surface area contributed by atoms with Gasteiger partial charge in [-0.2, -0.15) is 4.99 Å². The molecular formula is C20H17N3O3S. The molecule has 7 heteroatoms. The third-order valence-corrected chi connectivity index (χ3v) is 5.52. The van der Waals surface area contributed by atoms with E-state index >= 15 is 0 Å². The van der Waals surface area contributed by atoms with Crippen LogP contribution in [0, 0.1) is 43.2 Å². The van der Waals surface area contributed by atoms with Crippen LogP contribution in [-0.4, -0.2) is 15.4 Å². The smallest absolute Gasteiger partial charge is 0.280 e. The van der Waals surface area contributed by atoms with Crippen molar-refractivity contribution < 1.29 is 9.72 Å². The number of nitrogens with zero attached hydrogens (tertiary/aromatic N) is 3. The highest BCUT2D eigenvalue weighted by Crippen LogP contribution is 2.23. The van der Waals surface area contributed by atoms with Gasteiger partial charge in [-0.1, -0.05) is 23.3 Å². The van der Waals surface area contributed by atoms with Crippen molar-refractivity contribution in [2.75, 3.05) is 0 Å². The van der Waals surface area contributed by atoms with Gasteiger partial charge in [-0.15, -0.1) is 6.42 Å². The number of hydrogen-bond acceptors (Lipinski definition) is 4. The topological polar surface area (TPSA) is 77.5 Å². The summed E-state index contributed by atoms with van der Waals surface area (Å²) in [7, 11) is 0. The molecule has 3 rings (SSSR count). The monoisotopic (exact) mass is 379 g/mol. The number of rotatable bonds is 3. The predicted octanol–water partition coefficient (Wildman–Crippen LogP) is 3.91. The summed E-state index contributed by atoms with van der Waals surface area (Å²) in [6.45, 7) is 5.87. The van der Waals surface area contributed by atoms with E-state index in [1.165, 1.54) is 23.5 Å². The van der Waals surface area contributed by atoms with E-state index in [-0.39, 0.29) is 17.8 Å². The molecule has 0 spiro atoms. The average molecular weight is 379 g/mol. The predicted molar refractivity (Wildman–Crippen MR) is 106 cm³/mol. The highest BCUT2D eigenvalue weighted by atomic mass is 32.1. The van der Waals surface area contributed by atoms with Crippen molar-refractivity contribution in [1.82, 2.24) is 4.57 Å². The Morgan fingerprint density at radius 2 is 2.00 bits per heavy atom. The molecule has 1 aromatic heterocycles. The number of carbonyl (C=O) groups is 1. The van der Waals surface area contributed by atoms with Crippen LogP contribution in [0.25, 0.3) is 10.2 Å². The highest BCUT2D eigenvalue weighted by Gasteiger charge is 2.18. The van der Waals surface area contributed by atoms with E-state index in [2.05, 4.69) is 10.9 Å². The Kier molecular flexibility index (Phi) is 4.93. The van der Waals surface area contributed by atoms with Crippen LogP contribution in [0.2, 0.25) is 0 Å². The number of fused-ring (bicyclic) bond motifs is 1. The number of aromatic nitrogens is 1. The van der Waals surface area contributed by atoms with Crippen molar-refractivity contribution in [3.05, 3.63) is 67.5 Å². The van der Waals surface area contributed by atoms with Gasteiger partial charge in [-0.3, -0.25) is 14.9 Å². The highest BCUT2D eigenvalue weighted by molar-refractivity contribution is 7.16. The van der Waals surface area contributed by atoms with Gasteiger partial charge in [-0.05, 0) is 50.1 Å². The molecule has 0 radical (unpaired) electrons. The largest absolute Gasteiger partial charge is 0.305 e. The van der Waals surface area contributed by atoms with Crippen LogP contribution in [0.1, 0.15) is 27.0 Å². The number of thiazole rings is 1. The number of hydrogen-bond donors (Lipinski definition) is 0. The van der Waals surface area contributed by atoms with Crippen molar-refractivity contribution in [2.45, 2.75) is 27.3 Å². The molecule has 3 aromatic rings. The lowest BCUT2D eigenvalue weighted by Gasteiger charge is -2.04. The van der Waals surface area contributed by atoms with Gasteiger partial charge >= 0.3 is 0 Å². The van der Waals surface area contributed by atoms with Gasteiger partial charge in [0, 0.05) is 11.6 Å². The summed E-state index contributed by atoms with van der Waals surface area (Å²) in [5, 5.41) is 11.1. The minimum absolute atomic E-state index is 0.102. The SMILES string of the molecule is C#CCn1c(=NC(=O)c2cccc([N+](=O)[O-])c2C)sc2cc(C)c(C)cc21. The lowest BCUT2D eigenvalue weighted by Crippen LogP contribution is -2.17. The van der Waals surface area contributed by atoms with Gasteiger partial charge in [0.05, 0.1) is 27.2 Å². The molecule has 0 aliphatic heterocycles. The Labute approximate surface area is 160 Å². The van der Waals surface area contributed by atoms with Gasteiger partial charge in [0.25, 0.3) is 11.6 Å². The molecule has 0 aliphatic carbocycles. The lowest BCUT2D eigenvalue weighted by atomic mass is 10.1. The van der Waals surface area contributed by atoms with E-state index in [0.717, 1.165) is 21.3 Å². The number of amides is 1. The second kappa shape index (κ2) is 7.17. The van der Waals surface area contributed by atoms with Crippen LogP contribution in [0.4, 0.5) is 5.69 Å². The van der Waals surface area contributed by atoms with Crippen LogP contribution in [0.3, 0.4) is 0 Å². The fourth-order valence-electron chi connectivity index (χ4n) is 2.85. The third-order valence-electron chi connectivity index (χ3n) is 4.48. The standard InChI is InChI=1S/C20H17N3O3S/c1-5-9-22-17-10-12(2)13(3)11-18(17)27-20(22)21-19(24)15-7-6-8-16(14(15)4)23(25)26/h1,6-8,10-11H,9H2,2-4H3. The molecule has 27 heavy (non-hydrogen) atoms. The Bertz CT molecular complexity index is 1200. The molecule has 136 valence electrons. The Morgan fingerprint density at radius 1 is 1.30 bits per heavy atom. The van der Waals surface area contributed by atoms with Crippen LogP contribution in [-0.2, 0) is 6.54 Å². The normalized spacial score (nSPS) is 11.6. The van der Waals surface area contributed by atoms with Crippen molar-refractivity contribution in [2.24, 2.45) is 4.99 Å². The molecule has 0 N–H and O–H groups in total. The maximum Gasteiger partial charge on any atom is 0.280 e. The van der Waals surface area contributed by atoms with Gasteiger partial charge in [-0.25, -0.2) is 0 Å². The van der Waals surface area contributed by atoms with Crippen molar-refractivity contribution >= 4 is 33.1 Å². The zero-order valence-corrected chi connectivity index (χ0v) is 16.0. The van der Waals surface area contributed by atoms with Crippen LogP contribution < -0.4 is 4.80 Å². The number of nitro groups is 1. The van der Waals surface area contributed by atoms with Gasteiger partial charge < -0.3 is 4.57 Å². The molecule has 2 aromatic carbocycles. The minimum atomic E-state index is -0.526. The van der Waals surface area contributed by atoms with Crippen LogP contribution in [0.5, 0.6) is 0 Å². The van der Waals surface area contributed by atoms with E-state index in [0.29, 0.717) is 10.4 Å². The van der Waals surface area contributed by atoms with E-state index in [4.69, 9.17) is 6.42 Å². The summed E-state index contributed by atoms with van der Waals surface area (Å²) in [5.74, 6) is 2.07. The Balaban J connectivity index is 2.20. The quantitative estimate of drug-likeness (QED) is 0.393. The second-order valence-corrected chi connectivity index (χ2v) is 7.21. The molecule has 0 unspecified atom stereocenters. The average Bonchev–Trinajstić information content (AvgIpc) is 2.92. The number of terminal acetylenes is 1. The molecular weight excluding hydrogens is 362 g/mol. The zero-order chi connectivity index (χ0) is 19.7. The van der Waals surface area contributed by atoms with Crippen molar-refractivity contribution in [3.8, 4) is 12.3 Å². The van der Waals surface area contributed by atoms with Gasteiger partial charge in [0.2, 0.25) is 0 Å². The van der Waals surface area contributed by atoms with Crippen LogP contribution in [0.15, 0.2) is 35.3 Å². The second-order valence-electron chi connectivity index (χ2n) is 6.20. The molecule has 0 saturated heterocycles. The molecule has 1 amide bonds. The molecule has 1 heterocycles. The molecule has 6 nitrogen and oxygen atoms in total. The Morgan fingerprint density at radius 3 is 2.67 bits per heavy atom. The molecule has 0 atom stereocenters. The third kappa shape index (κ3) is 3.39. The molecule has 0 bridgehead atoms. The fourth-order valence-corrected chi connectivity index (χ4v) is 3.96.